The van der Waals surface area contributed by atoms with Crippen LogP contribution in [0.2, 0.25) is 0 Å². The molecule has 1 atom stereocenters. The Balaban J connectivity index is 3.50. The summed E-state index contributed by atoms with van der Waals surface area (Å²) in [4.78, 5) is 0. The van der Waals surface area contributed by atoms with Crippen molar-refractivity contribution in [1.82, 2.24) is 0 Å². The molecule has 0 heterocycles. The van der Waals surface area contributed by atoms with Crippen molar-refractivity contribution >= 4 is 0 Å². The van der Waals surface area contributed by atoms with E-state index in [1.165, 1.54) is 6.08 Å². The fourth-order valence-corrected chi connectivity index (χ4v) is 0.984. The summed E-state index contributed by atoms with van der Waals surface area (Å²) in [6.07, 6.45) is 4.15. The average Bonchev–Trinajstić information content (AvgIpc) is 2.14. The molecule has 0 bridgehead atoms. The third-order valence-electron chi connectivity index (χ3n) is 1.84. The fourth-order valence-electron chi connectivity index (χ4n) is 0.984. The Labute approximate surface area is 79.1 Å². The number of allylic oxidation sites excluding steroid dienone is 1. The first kappa shape index (κ1) is 12.6. The van der Waals surface area contributed by atoms with E-state index in [4.69, 9.17) is 10.2 Å². The molecule has 0 saturated carbocycles. The SMILES string of the molecule is CCCCC/C(F)=C\CC(O)CO. The zero-order chi connectivity index (χ0) is 10.1. The van der Waals surface area contributed by atoms with Gasteiger partial charge in [0.2, 0.25) is 0 Å². The van der Waals surface area contributed by atoms with Crippen molar-refractivity contribution in [2.45, 2.75) is 45.1 Å². The maximum atomic E-state index is 12.9. The quantitative estimate of drug-likeness (QED) is 0.604. The number of hydrogen-bond acceptors (Lipinski definition) is 2. The van der Waals surface area contributed by atoms with Crippen molar-refractivity contribution in [3.05, 3.63) is 11.9 Å². The highest BCUT2D eigenvalue weighted by molar-refractivity contribution is 4.92. The number of aliphatic hydroxyl groups is 2. The van der Waals surface area contributed by atoms with Gasteiger partial charge in [-0.1, -0.05) is 25.8 Å². The van der Waals surface area contributed by atoms with Crippen LogP contribution in [-0.4, -0.2) is 22.9 Å². The van der Waals surface area contributed by atoms with E-state index in [0.717, 1.165) is 19.3 Å². The minimum absolute atomic E-state index is 0.180. The molecular formula is C10H19FO2. The maximum Gasteiger partial charge on any atom is 0.0960 e. The highest BCUT2D eigenvalue weighted by atomic mass is 19.1. The van der Waals surface area contributed by atoms with E-state index in [1.54, 1.807) is 0 Å². The number of unbranched alkanes of at least 4 members (excludes halogenated alkanes) is 2. The molecular weight excluding hydrogens is 171 g/mol. The van der Waals surface area contributed by atoms with Crippen LogP contribution in [0.5, 0.6) is 0 Å². The number of halogens is 1. The summed E-state index contributed by atoms with van der Waals surface area (Å²) in [5.74, 6) is -0.180. The molecule has 78 valence electrons. The van der Waals surface area contributed by atoms with Gasteiger partial charge in [-0.3, -0.25) is 0 Å². The van der Waals surface area contributed by atoms with E-state index in [1.807, 2.05) is 0 Å². The summed E-state index contributed by atoms with van der Waals surface area (Å²) in [6.45, 7) is 1.76. The fraction of sp³-hybridized carbons (Fsp3) is 0.800. The van der Waals surface area contributed by atoms with Crippen molar-refractivity contribution in [2.24, 2.45) is 0 Å². The Bertz CT molecular complexity index is 146. The Kier molecular flexibility index (Phi) is 7.94. The molecule has 0 saturated heterocycles. The monoisotopic (exact) mass is 190 g/mol. The van der Waals surface area contributed by atoms with Gasteiger partial charge in [0.15, 0.2) is 0 Å². The highest BCUT2D eigenvalue weighted by Gasteiger charge is 2.00. The predicted octanol–water partition coefficient (Wildman–Crippen LogP) is 2.16. The minimum Gasteiger partial charge on any atom is -0.394 e. The molecule has 0 amide bonds. The highest BCUT2D eigenvalue weighted by Crippen LogP contribution is 2.11. The van der Waals surface area contributed by atoms with E-state index in [-0.39, 0.29) is 18.9 Å². The minimum atomic E-state index is -0.822. The Hall–Kier alpha value is -0.410. The van der Waals surface area contributed by atoms with Crippen molar-refractivity contribution in [3.63, 3.8) is 0 Å². The summed E-state index contributed by atoms with van der Waals surface area (Å²) in [5.41, 5.74) is 0. The largest absolute Gasteiger partial charge is 0.394 e. The molecule has 0 rings (SSSR count). The smallest absolute Gasteiger partial charge is 0.0960 e. The Morgan fingerprint density at radius 2 is 2.15 bits per heavy atom. The maximum absolute atomic E-state index is 12.9. The van der Waals surface area contributed by atoms with Crippen LogP contribution in [0.3, 0.4) is 0 Å². The molecule has 0 aromatic carbocycles. The number of hydrogen-bond donors (Lipinski definition) is 2. The molecule has 0 spiro atoms. The second kappa shape index (κ2) is 8.20. The van der Waals surface area contributed by atoms with Gasteiger partial charge >= 0.3 is 0 Å². The van der Waals surface area contributed by atoms with Crippen LogP contribution >= 0.6 is 0 Å². The molecule has 0 aliphatic carbocycles. The van der Waals surface area contributed by atoms with Crippen LogP contribution in [0.1, 0.15) is 39.0 Å². The lowest BCUT2D eigenvalue weighted by atomic mass is 10.1. The molecule has 0 aliphatic heterocycles. The lowest BCUT2D eigenvalue weighted by Crippen LogP contribution is -2.09. The van der Waals surface area contributed by atoms with Gasteiger partial charge in [0, 0.05) is 0 Å². The average molecular weight is 190 g/mol. The molecule has 0 aromatic heterocycles. The van der Waals surface area contributed by atoms with Crippen LogP contribution in [-0.2, 0) is 0 Å². The number of aliphatic hydroxyl groups excluding tert-OH is 2. The first-order chi connectivity index (χ1) is 6.20. The lowest BCUT2D eigenvalue weighted by Gasteiger charge is -2.02. The normalized spacial score (nSPS) is 14.6. The topological polar surface area (TPSA) is 40.5 Å². The molecule has 3 heteroatoms. The van der Waals surface area contributed by atoms with Crippen molar-refractivity contribution in [2.75, 3.05) is 6.61 Å². The van der Waals surface area contributed by atoms with E-state index in [9.17, 15) is 4.39 Å². The van der Waals surface area contributed by atoms with Crippen LogP contribution in [0.4, 0.5) is 4.39 Å². The Morgan fingerprint density at radius 3 is 2.69 bits per heavy atom. The van der Waals surface area contributed by atoms with Gasteiger partial charge in [0.05, 0.1) is 18.5 Å². The second-order valence-electron chi connectivity index (χ2n) is 3.18. The summed E-state index contributed by atoms with van der Waals surface area (Å²) in [5, 5.41) is 17.4. The van der Waals surface area contributed by atoms with Gasteiger partial charge < -0.3 is 10.2 Å². The first-order valence-electron chi connectivity index (χ1n) is 4.84. The second-order valence-corrected chi connectivity index (χ2v) is 3.18. The summed E-state index contributed by atoms with van der Waals surface area (Å²) < 4.78 is 12.9. The predicted molar refractivity (Wildman–Crippen MR) is 51.0 cm³/mol. The van der Waals surface area contributed by atoms with Gasteiger partial charge in [-0.2, -0.15) is 0 Å². The van der Waals surface area contributed by atoms with Gasteiger partial charge in [-0.05, 0) is 19.3 Å². The van der Waals surface area contributed by atoms with Gasteiger partial charge in [-0.25, -0.2) is 4.39 Å². The van der Waals surface area contributed by atoms with Crippen LogP contribution in [0.25, 0.3) is 0 Å². The van der Waals surface area contributed by atoms with Crippen molar-refractivity contribution in [1.29, 1.82) is 0 Å². The van der Waals surface area contributed by atoms with Crippen LogP contribution in [0, 0.1) is 0 Å². The molecule has 0 aromatic rings. The standard InChI is InChI=1S/C10H19FO2/c1-2-3-4-5-9(11)6-7-10(13)8-12/h6,10,12-13H,2-5,7-8H2,1H3/b9-6+. The third-order valence-corrected chi connectivity index (χ3v) is 1.84. The summed E-state index contributed by atoms with van der Waals surface area (Å²) in [6, 6.07) is 0. The molecule has 0 radical (unpaired) electrons. The van der Waals surface area contributed by atoms with E-state index >= 15 is 0 Å². The molecule has 13 heavy (non-hydrogen) atoms. The third kappa shape index (κ3) is 7.94. The Morgan fingerprint density at radius 1 is 1.46 bits per heavy atom. The first-order valence-corrected chi connectivity index (χ1v) is 4.84. The van der Waals surface area contributed by atoms with E-state index in [0.29, 0.717) is 6.42 Å². The zero-order valence-electron chi connectivity index (χ0n) is 8.17. The lowest BCUT2D eigenvalue weighted by molar-refractivity contribution is 0.0971. The molecule has 0 aliphatic rings. The molecule has 1 unspecified atom stereocenters. The van der Waals surface area contributed by atoms with Gasteiger partial charge in [-0.15, -0.1) is 0 Å². The van der Waals surface area contributed by atoms with E-state index in [2.05, 4.69) is 6.92 Å². The van der Waals surface area contributed by atoms with Crippen molar-refractivity contribution in [3.8, 4) is 0 Å². The molecule has 2 nitrogen and oxygen atoms in total. The van der Waals surface area contributed by atoms with Crippen LogP contribution in [0.15, 0.2) is 11.9 Å². The number of rotatable bonds is 7. The zero-order valence-corrected chi connectivity index (χ0v) is 8.17. The van der Waals surface area contributed by atoms with Gasteiger partial charge in [0.25, 0.3) is 0 Å². The molecule has 0 fully saturated rings. The van der Waals surface area contributed by atoms with E-state index < -0.39 is 6.10 Å². The summed E-state index contributed by atoms with van der Waals surface area (Å²) >= 11 is 0. The van der Waals surface area contributed by atoms with Crippen LogP contribution < -0.4 is 0 Å². The van der Waals surface area contributed by atoms with Crippen molar-refractivity contribution < 1.29 is 14.6 Å². The van der Waals surface area contributed by atoms with Gasteiger partial charge in [0.1, 0.15) is 0 Å². The molecule has 2 N–H and O–H groups in total. The summed E-state index contributed by atoms with van der Waals surface area (Å²) in [7, 11) is 0.